The maximum Gasteiger partial charge on any atom is 0.264 e. The number of nitrogens with one attached hydrogen (secondary N) is 1. The number of fused-ring (bicyclic) bond motifs is 2. The molecule has 2 aliphatic rings. The van der Waals surface area contributed by atoms with Gasteiger partial charge in [-0.2, -0.15) is 0 Å². The molecule has 2 heterocycles. The van der Waals surface area contributed by atoms with E-state index in [4.69, 9.17) is 4.74 Å². The molecular formula is C16H9F2NO3. The molecule has 0 saturated carbocycles. The summed E-state index contributed by atoms with van der Waals surface area (Å²) in [5.74, 6) is -2.32. The van der Waals surface area contributed by atoms with Crippen molar-refractivity contribution in [2.45, 2.75) is 11.7 Å². The van der Waals surface area contributed by atoms with E-state index in [-0.39, 0.29) is 11.3 Å². The molecule has 4 rings (SSSR count). The second-order valence-electron chi connectivity index (χ2n) is 5.22. The molecule has 0 aliphatic carbocycles. The lowest BCUT2D eigenvalue weighted by atomic mass is 9.92. The molecule has 0 aromatic heterocycles. The summed E-state index contributed by atoms with van der Waals surface area (Å²) in [4.78, 5) is 24.5. The Kier molecular flexibility index (Phi) is 2.50. The minimum atomic E-state index is -1.47. The first-order chi connectivity index (χ1) is 10.5. The molecule has 4 nitrogen and oxygen atoms in total. The van der Waals surface area contributed by atoms with Gasteiger partial charge >= 0.3 is 0 Å². The van der Waals surface area contributed by atoms with Crippen LogP contribution >= 0.6 is 0 Å². The van der Waals surface area contributed by atoms with E-state index in [0.717, 1.165) is 6.07 Å². The van der Waals surface area contributed by atoms with Crippen molar-refractivity contribution in [1.82, 2.24) is 0 Å². The molecule has 22 heavy (non-hydrogen) atoms. The Morgan fingerprint density at radius 1 is 1.18 bits per heavy atom. The van der Waals surface area contributed by atoms with Gasteiger partial charge in [-0.15, -0.1) is 0 Å². The normalized spacial score (nSPS) is 25.0. The lowest BCUT2D eigenvalue weighted by Crippen LogP contribution is -2.27. The molecule has 2 atom stereocenters. The van der Waals surface area contributed by atoms with E-state index in [2.05, 4.69) is 5.32 Å². The number of anilines is 1. The number of amides is 1. The van der Waals surface area contributed by atoms with Crippen molar-refractivity contribution in [3.63, 3.8) is 0 Å². The van der Waals surface area contributed by atoms with E-state index in [9.17, 15) is 18.4 Å². The molecule has 6 heteroatoms. The lowest BCUT2D eigenvalue weighted by molar-refractivity contribution is -0.120. The first-order valence-electron chi connectivity index (χ1n) is 6.62. The molecular weight excluding hydrogens is 292 g/mol. The molecule has 2 aromatic rings. The van der Waals surface area contributed by atoms with Gasteiger partial charge in [0.25, 0.3) is 5.91 Å². The molecule has 110 valence electrons. The topological polar surface area (TPSA) is 58.7 Å². The SMILES string of the molecule is O=C(c1ccccc1F)[C@H]1O[C@@]12C(=O)Nc1cc(F)ccc12. The fourth-order valence-electron chi connectivity index (χ4n) is 2.85. The highest BCUT2D eigenvalue weighted by Gasteiger charge is 2.70. The first-order valence-corrected chi connectivity index (χ1v) is 6.62. The molecule has 0 unspecified atom stereocenters. The average Bonchev–Trinajstić information content (AvgIpc) is 3.17. The number of carbonyl (C=O) groups is 2. The van der Waals surface area contributed by atoms with Crippen LogP contribution in [0.3, 0.4) is 0 Å². The number of carbonyl (C=O) groups excluding carboxylic acids is 2. The Bertz CT molecular complexity index is 836. The molecule has 2 aliphatic heterocycles. The van der Waals surface area contributed by atoms with E-state index in [0.29, 0.717) is 5.56 Å². The third-order valence-corrected chi connectivity index (χ3v) is 3.96. The summed E-state index contributed by atoms with van der Waals surface area (Å²) < 4.78 is 32.3. The number of epoxide rings is 1. The predicted molar refractivity (Wildman–Crippen MR) is 72.3 cm³/mol. The number of rotatable bonds is 2. The van der Waals surface area contributed by atoms with E-state index >= 15 is 0 Å². The summed E-state index contributed by atoms with van der Waals surface area (Å²) in [5.41, 5.74) is -0.933. The van der Waals surface area contributed by atoms with Crippen LogP contribution in [0, 0.1) is 11.6 Å². The van der Waals surface area contributed by atoms with Gasteiger partial charge in [-0.1, -0.05) is 18.2 Å². The summed E-state index contributed by atoms with van der Waals surface area (Å²) in [6.07, 6.45) is -1.10. The fourth-order valence-corrected chi connectivity index (χ4v) is 2.85. The van der Waals surface area contributed by atoms with E-state index < -0.39 is 35.0 Å². The van der Waals surface area contributed by atoms with Crippen molar-refractivity contribution < 1.29 is 23.1 Å². The van der Waals surface area contributed by atoms with Crippen LogP contribution in [0.15, 0.2) is 42.5 Å². The van der Waals surface area contributed by atoms with Gasteiger partial charge in [-0.25, -0.2) is 8.78 Å². The summed E-state index contributed by atoms with van der Waals surface area (Å²) in [6.45, 7) is 0. The number of hydrogen-bond donors (Lipinski definition) is 1. The summed E-state index contributed by atoms with van der Waals surface area (Å²) in [7, 11) is 0. The monoisotopic (exact) mass is 301 g/mol. The Morgan fingerprint density at radius 3 is 2.73 bits per heavy atom. The van der Waals surface area contributed by atoms with Crippen LogP contribution in [0.25, 0.3) is 0 Å². The van der Waals surface area contributed by atoms with Gasteiger partial charge in [0.05, 0.1) is 11.3 Å². The molecule has 1 fully saturated rings. The summed E-state index contributed by atoms with van der Waals surface area (Å²) >= 11 is 0. The molecule has 0 bridgehead atoms. The molecule has 1 amide bonds. The van der Waals surface area contributed by atoms with Crippen molar-refractivity contribution in [3.05, 3.63) is 65.2 Å². The largest absolute Gasteiger partial charge is 0.342 e. The Hall–Kier alpha value is -2.60. The van der Waals surface area contributed by atoms with Crippen molar-refractivity contribution in [1.29, 1.82) is 0 Å². The van der Waals surface area contributed by atoms with Gasteiger partial charge in [-0.05, 0) is 24.3 Å². The number of benzene rings is 2. The van der Waals surface area contributed by atoms with Gasteiger partial charge in [0, 0.05) is 5.56 Å². The number of ether oxygens (including phenoxy) is 1. The smallest absolute Gasteiger partial charge is 0.264 e. The van der Waals surface area contributed by atoms with Crippen molar-refractivity contribution in [2.24, 2.45) is 0 Å². The van der Waals surface area contributed by atoms with Gasteiger partial charge in [-0.3, -0.25) is 9.59 Å². The van der Waals surface area contributed by atoms with Crippen LogP contribution in [-0.2, 0) is 15.1 Å². The van der Waals surface area contributed by atoms with E-state index in [1.165, 1.54) is 36.4 Å². The zero-order chi connectivity index (χ0) is 15.5. The molecule has 1 spiro atoms. The minimum absolute atomic E-state index is 0.132. The number of hydrogen-bond acceptors (Lipinski definition) is 3. The van der Waals surface area contributed by atoms with Crippen LogP contribution in [0.5, 0.6) is 0 Å². The van der Waals surface area contributed by atoms with E-state index in [1.807, 2.05) is 0 Å². The number of halogens is 2. The van der Waals surface area contributed by atoms with Gasteiger partial charge in [0.15, 0.2) is 11.9 Å². The molecule has 1 N–H and O–H groups in total. The van der Waals surface area contributed by atoms with Crippen molar-refractivity contribution >= 4 is 17.4 Å². The summed E-state index contributed by atoms with van der Waals surface area (Å²) in [6, 6.07) is 9.25. The highest BCUT2D eigenvalue weighted by atomic mass is 19.1. The Labute approximate surface area is 123 Å². The zero-order valence-electron chi connectivity index (χ0n) is 11.1. The highest BCUT2D eigenvalue weighted by molar-refractivity contribution is 6.15. The number of Topliss-reactive ketones (excluding diaryl/α,β-unsaturated/α-hetero) is 1. The molecule has 0 radical (unpaired) electrons. The van der Waals surface area contributed by atoms with Crippen LogP contribution in [0.1, 0.15) is 15.9 Å². The lowest BCUT2D eigenvalue weighted by Gasteiger charge is -2.03. The van der Waals surface area contributed by atoms with Gasteiger partial charge < -0.3 is 10.1 Å². The second-order valence-corrected chi connectivity index (χ2v) is 5.22. The quantitative estimate of drug-likeness (QED) is 0.684. The Balaban J connectivity index is 1.74. The third-order valence-electron chi connectivity index (χ3n) is 3.96. The van der Waals surface area contributed by atoms with Crippen LogP contribution in [-0.4, -0.2) is 17.8 Å². The standard InChI is InChI=1S/C16H9F2NO3/c17-8-5-6-10-12(7-8)19-15(21)16(10)14(22-16)13(20)9-3-1-2-4-11(9)18/h1-7,14H,(H,19,21)/t14-,16-/m1/s1. The second kappa shape index (κ2) is 4.20. The predicted octanol–water partition coefficient (Wildman–Crippen LogP) is 2.39. The average molecular weight is 301 g/mol. The highest BCUT2D eigenvalue weighted by Crippen LogP contribution is 2.54. The van der Waals surface area contributed by atoms with Gasteiger partial charge in [0.1, 0.15) is 11.6 Å². The maximum absolute atomic E-state index is 13.7. The number of ketones is 1. The molecule has 1 saturated heterocycles. The minimum Gasteiger partial charge on any atom is -0.342 e. The van der Waals surface area contributed by atoms with Crippen LogP contribution in [0.2, 0.25) is 0 Å². The van der Waals surface area contributed by atoms with Gasteiger partial charge in [0.2, 0.25) is 5.60 Å². The maximum atomic E-state index is 13.7. The first kappa shape index (κ1) is 13.1. The summed E-state index contributed by atoms with van der Waals surface area (Å²) in [5, 5.41) is 2.49. The Morgan fingerprint density at radius 2 is 1.95 bits per heavy atom. The van der Waals surface area contributed by atoms with E-state index in [1.54, 1.807) is 0 Å². The van der Waals surface area contributed by atoms with Crippen molar-refractivity contribution in [2.75, 3.05) is 5.32 Å². The van der Waals surface area contributed by atoms with Crippen LogP contribution in [0.4, 0.5) is 14.5 Å². The fraction of sp³-hybridized carbons (Fsp3) is 0.125. The zero-order valence-corrected chi connectivity index (χ0v) is 11.1. The van der Waals surface area contributed by atoms with Crippen molar-refractivity contribution in [3.8, 4) is 0 Å². The van der Waals surface area contributed by atoms with Crippen LogP contribution < -0.4 is 5.32 Å². The third kappa shape index (κ3) is 1.58. The molecule has 2 aromatic carbocycles.